The van der Waals surface area contributed by atoms with Crippen LogP contribution in [0, 0.1) is 20.8 Å². The number of nitrogens with one attached hydrogen (secondary N) is 1. The second-order valence-corrected chi connectivity index (χ2v) is 7.98. The number of benzene rings is 2. The first-order valence-corrected chi connectivity index (χ1v) is 9.68. The number of nitrogens with zero attached hydrogens (tertiary/aromatic N) is 2. The average molecular weight is 382 g/mol. The normalized spacial score (nSPS) is 18.2. The summed E-state index contributed by atoms with van der Waals surface area (Å²) in [5.41, 5.74) is 4.84. The zero-order valence-electron chi connectivity index (χ0n) is 15.9. The summed E-state index contributed by atoms with van der Waals surface area (Å²) in [7, 11) is 1.70. The van der Waals surface area contributed by atoms with Gasteiger partial charge in [0.1, 0.15) is 5.25 Å². The van der Waals surface area contributed by atoms with Crippen LogP contribution in [0.25, 0.3) is 0 Å². The smallest absolute Gasteiger partial charge is 0.242 e. The Kier molecular flexibility index (Phi) is 5.65. The molecule has 1 N–H and O–H groups in total. The number of anilines is 1. The van der Waals surface area contributed by atoms with Crippen LogP contribution in [-0.4, -0.2) is 34.2 Å². The van der Waals surface area contributed by atoms with Crippen molar-refractivity contribution >= 4 is 40.1 Å². The molecule has 27 heavy (non-hydrogen) atoms. The molecule has 0 radical (unpaired) electrons. The first-order valence-electron chi connectivity index (χ1n) is 8.80. The van der Waals surface area contributed by atoms with Crippen LogP contribution in [0.4, 0.5) is 11.4 Å². The van der Waals surface area contributed by atoms with Gasteiger partial charge in [-0.05, 0) is 50.1 Å². The number of thioether (sulfide) groups is 1. The number of amides is 2. The highest BCUT2D eigenvalue weighted by Gasteiger charge is 2.37. The van der Waals surface area contributed by atoms with E-state index in [0.717, 1.165) is 28.1 Å². The minimum absolute atomic E-state index is 0.0952. The molecule has 2 aromatic carbocycles. The molecule has 2 aromatic rings. The van der Waals surface area contributed by atoms with E-state index in [1.165, 1.54) is 16.7 Å². The van der Waals surface area contributed by atoms with Crippen molar-refractivity contribution < 1.29 is 9.59 Å². The van der Waals surface area contributed by atoms with E-state index in [1.807, 2.05) is 63.2 Å². The molecule has 1 heterocycles. The Bertz CT molecular complexity index is 923. The van der Waals surface area contributed by atoms with E-state index in [1.54, 1.807) is 7.05 Å². The van der Waals surface area contributed by atoms with Crippen LogP contribution in [0.3, 0.4) is 0 Å². The van der Waals surface area contributed by atoms with Gasteiger partial charge in [0.15, 0.2) is 5.17 Å². The molecule has 1 fully saturated rings. The van der Waals surface area contributed by atoms with Gasteiger partial charge < -0.3 is 5.32 Å². The lowest BCUT2D eigenvalue weighted by atomic mass is 10.1. The highest BCUT2D eigenvalue weighted by atomic mass is 32.2. The van der Waals surface area contributed by atoms with E-state index in [0.29, 0.717) is 5.17 Å². The summed E-state index contributed by atoms with van der Waals surface area (Å²) in [5, 5.41) is 3.07. The Morgan fingerprint density at radius 2 is 1.89 bits per heavy atom. The summed E-state index contributed by atoms with van der Waals surface area (Å²) in [6, 6.07) is 13.7. The van der Waals surface area contributed by atoms with Crippen LogP contribution >= 0.6 is 11.8 Å². The summed E-state index contributed by atoms with van der Waals surface area (Å²) in [6.45, 7) is 5.97. The lowest BCUT2D eigenvalue weighted by molar-refractivity contribution is -0.127. The number of rotatable bonds is 4. The van der Waals surface area contributed by atoms with Crippen molar-refractivity contribution in [2.75, 3.05) is 12.4 Å². The van der Waals surface area contributed by atoms with E-state index >= 15 is 0 Å². The molecule has 1 atom stereocenters. The van der Waals surface area contributed by atoms with Crippen LogP contribution in [0.5, 0.6) is 0 Å². The Morgan fingerprint density at radius 3 is 2.59 bits per heavy atom. The van der Waals surface area contributed by atoms with Crippen LogP contribution < -0.4 is 5.32 Å². The van der Waals surface area contributed by atoms with Crippen molar-refractivity contribution in [1.29, 1.82) is 0 Å². The van der Waals surface area contributed by atoms with Gasteiger partial charge in [0.2, 0.25) is 11.8 Å². The summed E-state index contributed by atoms with van der Waals surface area (Å²) < 4.78 is 0. The first kappa shape index (κ1) is 19.2. The van der Waals surface area contributed by atoms with Crippen molar-refractivity contribution in [1.82, 2.24) is 4.90 Å². The standard InChI is InChI=1S/C21H23N3O2S/c1-13-6-5-7-16(11-13)22-21-24(4)20(26)18(27-21)12-19(25)23-17-9-8-14(2)10-15(17)3/h5-11,18H,12H2,1-4H3,(H,23,25)/t18-/m1/s1. The average Bonchev–Trinajstić information content (AvgIpc) is 2.85. The second kappa shape index (κ2) is 7.96. The van der Waals surface area contributed by atoms with Crippen LogP contribution in [0.15, 0.2) is 47.5 Å². The zero-order valence-corrected chi connectivity index (χ0v) is 16.8. The molecule has 5 nitrogen and oxygen atoms in total. The predicted molar refractivity (Wildman–Crippen MR) is 112 cm³/mol. The third-order valence-electron chi connectivity index (χ3n) is 4.39. The lowest BCUT2D eigenvalue weighted by Crippen LogP contribution is -2.30. The molecular formula is C21H23N3O2S. The van der Waals surface area contributed by atoms with Crippen molar-refractivity contribution in [3.63, 3.8) is 0 Å². The molecule has 0 saturated carbocycles. The SMILES string of the molecule is Cc1cccc(N=C2S[C@H](CC(=O)Nc3ccc(C)cc3C)C(=O)N2C)c1. The molecular weight excluding hydrogens is 358 g/mol. The maximum Gasteiger partial charge on any atom is 0.242 e. The molecule has 3 rings (SSSR count). The number of carbonyl (C=O) groups excluding carboxylic acids is 2. The number of aryl methyl sites for hydroxylation is 3. The second-order valence-electron chi connectivity index (χ2n) is 6.81. The van der Waals surface area contributed by atoms with E-state index in [2.05, 4.69) is 10.3 Å². The number of aliphatic imine (C=N–C) groups is 1. The van der Waals surface area contributed by atoms with Gasteiger partial charge in [0.25, 0.3) is 0 Å². The van der Waals surface area contributed by atoms with Gasteiger partial charge in [0.05, 0.1) is 5.69 Å². The van der Waals surface area contributed by atoms with Gasteiger partial charge in [-0.25, -0.2) is 4.99 Å². The Labute approximate surface area is 163 Å². The van der Waals surface area contributed by atoms with E-state index in [9.17, 15) is 9.59 Å². The quantitative estimate of drug-likeness (QED) is 0.863. The summed E-state index contributed by atoms with van der Waals surface area (Å²) in [5.74, 6) is -0.264. The molecule has 0 bridgehead atoms. The third-order valence-corrected chi connectivity index (χ3v) is 5.62. The maximum absolute atomic E-state index is 12.5. The van der Waals surface area contributed by atoms with Gasteiger partial charge in [-0.1, -0.05) is 41.6 Å². The van der Waals surface area contributed by atoms with E-state index in [4.69, 9.17) is 0 Å². The predicted octanol–water partition coefficient (Wildman–Crippen LogP) is 4.20. The molecule has 1 aliphatic heterocycles. The third kappa shape index (κ3) is 4.57. The first-order chi connectivity index (χ1) is 12.8. The zero-order chi connectivity index (χ0) is 19.6. The fraction of sp³-hybridized carbons (Fsp3) is 0.286. The highest BCUT2D eigenvalue weighted by molar-refractivity contribution is 8.15. The molecule has 0 unspecified atom stereocenters. The topological polar surface area (TPSA) is 61.8 Å². The molecule has 0 aromatic heterocycles. The fourth-order valence-electron chi connectivity index (χ4n) is 2.93. The molecule has 1 saturated heterocycles. The van der Waals surface area contributed by atoms with Gasteiger partial charge >= 0.3 is 0 Å². The summed E-state index contributed by atoms with van der Waals surface area (Å²) in [4.78, 5) is 31.0. The van der Waals surface area contributed by atoms with Gasteiger partial charge in [-0.15, -0.1) is 0 Å². The Balaban J connectivity index is 1.68. The van der Waals surface area contributed by atoms with Crippen molar-refractivity contribution in [3.05, 3.63) is 59.2 Å². The van der Waals surface area contributed by atoms with Gasteiger partial charge in [-0.2, -0.15) is 0 Å². The van der Waals surface area contributed by atoms with Crippen molar-refractivity contribution in [2.24, 2.45) is 4.99 Å². The number of carbonyl (C=O) groups is 2. The minimum Gasteiger partial charge on any atom is -0.326 e. The van der Waals surface area contributed by atoms with Crippen LogP contribution in [0.2, 0.25) is 0 Å². The van der Waals surface area contributed by atoms with Crippen molar-refractivity contribution in [3.8, 4) is 0 Å². The number of hydrogen-bond donors (Lipinski definition) is 1. The molecule has 1 aliphatic rings. The highest BCUT2D eigenvalue weighted by Crippen LogP contribution is 2.31. The summed E-state index contributed by atoms with van der Waals surface area (Å²) >= 11 is 1.34. The molecule has 140 valence electrons. The van der Waals surface area contributed by atoms with E-state index < -0.39 is 5.25 Å². The number of amidine groups is 1. The molecule has 6 heteroatoms. The van der Waals surface area contributed by atoms with Gasteiger partial charge in [0, 0.05) is 19.2 Å². The Hall–Kier alpha value is -2.60. The monoisotopic (exact) mass is 381 g/mol. The van der Waals surface area contributed by atoms with E-state index in [-0.39, 0.29) is 18.2 Å². The molecule has 0 spiro atoms. The maximum atomic E-state index is 12.5. The van der Waals surface area contributed by atoms with Gasteiger partial charge in [-0.3, -0.25) is 14.5 Å². The fourth-order valence-corrected chi connectivity index (χ4v) is 4.08. The molecule has 0 aliphatic carbocycles. The lowest BCUT2D eigenvalue weighted by Gasteiger charge is -2.11. The molecule has 2 amide bonds. The Morgan fingerprint density at radius 1 is 1.15 bits per heavy atom. The van der Waals surface area contributed by atoms with Crippen LogP contribution in [-0.2, 0) is 9.59 Å². The number of hydrogen-bond acceptors (Lipinski definition) is 4. The van der Waals surface area contributed by atoms with Crippen molar-refractivity contribution in [2.45, 2.75) is 32.4 Å². The minimum atomic E-state index is -0.454. The van der Waals surface area contributed by atoms with Crippen LogP contribution in [0.1, 0.15) is 23.1 Å². The largest absolute Gasteiger partial charge is 0.326 e. The summed E-state index contributed by atoms with van der Waals surface area (Å²) in [6.07, 6.45) is 0.119.